The number of benzene rings is 3. The van der Waals surface area contributed by atoms with Crippen molar-refractivity contribution in [3.05, 3.63) is 104 Å². The van der Waals surface area contributed by atoms with E-state index in [2.05, 4.69) is 110 Å². The molecule has 0 saturated heterocycles. The van der Waals surface area contributed by atoms with Crippen LogP contribution in [-0.2, 0) is 4.74 Å². The largest absolute Gasteiger partial charge is 0.449 e. The third kappa shape index (κ3) is 6.94. The number of hydrogen-bond acceptors (Lipinski definition) is 2. The zero-order valence-corrected chi connectivity index (χ0v) is 23.7. The average Bonchev–Trinajstić information content (AvgIpc) is 3.66. The third-order valence-corrected chi connectivity index (χ3v) is 12.6. The molecule has 0 aromatic heterocycles. The first-order chi connectivity index (χ1) is 18.7. The third-order valence-electron chi connectivity index (χ3n) is 8.04. The van der Waals surface area contributed by atoms with E-state index >= 15 is 0 Å². The number of allylic oxidation sites excluding steroid dienone is 1. The summed E-state index contributed by atoms with van der Waals surface area (Å²) in [5, 5.41) is 7.17. The minimum atomic E-state index is -1.87. The number of rotatable bonds is 15. The summed E-state index contributed by atoms with van der Waals surface area (Å²) < 4.78 is 5.71. The van der Waals surface area contributed by atoms with Gasteiger partial charge in [-0.2, -0.15) is 0 Å². The minimum absolute atomic E-state index is 0.281. The maximum atomic E-state index is 12.6. The van der Waals surface area contributed by atoms with Crippen molar-refractivity contribution < 1.29 is 9.53 Å². The number of hydrogen-bond donors (Lipinski definition) is 1. The van der Waals surface area contributed by atoms with Gasteiger partial charge in [0.05, 0.1) is 12.8 Å². The Balaban J connectivity index is 1.38. The maximum absolute atomic E-state index is 12.6. The summed E-state index contributed by atoms with van der Waals surface area (Å²) in [5.41, 5.74) is 0. The van der Waals surface area contributed by atoms with E-state index in [1.165, 1.54) is 35.2 Å². The first-order valence-corrected chi connectivity index (χ1v) is 16.2. The van der Waals surface area contributed by atoms with Crippen molar-refractivity contribution in [2.75, 3.05) is 19.3 Å². The Morgan fingerprint density at radius 1 is 0.816 bits per heavy atom. The van der Waals surface area contributed by atoms with Gasteiger partial charge in [-0.25, -0.2) is 4.79 Å². The first kappa shape index (κ1) is 28.1. The highest BCUT2D eigenvalue weighted by atomic mass is 31.2. The van der Waals surface area contributed by atoms with Gasteiger partial charge < -0.3 is 10.1 Å². The lowest BCUT2D eigenvalue weighted by Crippen LogP contribution is -2.35. The van der Waals surface area contributed by atoms with Crippen LogP contribution in [0.1, 0.15) is 45.4 Å². The zero-order valence-electron chi connectivity index (χ0n) is 22.8. The summed E-state index contributed by atoms with van der Waals surface area (Å²) in [7, 11) is -1.87. The summed E-state index contributed by atoms with van der Waals surface area (Å²) in [4.78, 5) is 12.6. The highest BCUT2D eigenvalue weighted by Gasteiger charge is 2.49. The van der Waals surface area contributed by atoms with Crippen molar-refractivity contribution in [2.24, 2.45) is 17.8 Å². The molecule has 0 spiro atoms. The van der Waals surface area contributed by atoms with Crippen LogP contribution < -0.4 is 21.2 Å². The molecule has 1 aliphatic rings. The van der Waals surface area contributed by atoms with E-state index in [-0.39, 0.29) is 6.09 Å². The fourth-order valence-corrected chi connectivity index (χ4v) is 10.3. The molecule has 1 aliphatic carbocycles. The van der Waals surface area contributed by atoms with E-state index in [0.717, 1.165) is 25.4 Å². The van der Waals surface area contributed by atoms with Gasteiger partial charge in [-0.15, -0.1) is 6.58 Å². The molecule has 38 heavy (non-hydrogen) atoms. The fourth-order valence-electron chi connectivity index (χ4n) is 5.99. The molecular formula is C34H43NO2P+. The molecule has 0 heterocycles. The van der Waals surface area contributed by atoms with E-state index in [0.29, 0.717) is 30.9 Å². The first-order valence-electron chi connectivity index (χ1n) is 14.3. The van der Waals surface area contributed by atoms with Gasteiger partial charge in [0, 0.05) is 6.54 Å². The van der Waals surface area contributed by atoms with Gasteiger partial charge in [0.15, 0.2) is 0 Å². The number of nitrogens with one attached hydrogen (secondary N) is 1. The lowest BCUT2D eigenvalue weighted by Gasteiger charge is -2.27. The standard InChI is InChI=1S/C34H42NO2P/c1-3-5-23-31-32(24-6-4-2)33(31)27-37-34(36)35-25-16-26-38(28-17-10-7-11-18-28,29-19-12-8-13-20-29)30-21-14-9-15-22-30/h3,7-15,17-22,31-33H,1,4-6,16,23-27H2,2H3/p+1/t31-,32+,33-/m0/s1. The van der Waals surface area contributed by atoms with Gasteiger partial charge >= 0.3 is 6.09 Å². The van der Waals surface area contributed by atoms with Crippen LogP contribution in [0.15, 0.2) is 104 Å². The minimum Gasteiger partial charge on any atom is -0.449 e. The lowest BCUT2D eigenvalue weighted by molar-refractivity contribution is 0.137. The SMILES string of the molecule is C=CCC[C@H]1[C@@H](CCCC)[C@H]1COC(=O)NCCC[P+](c1ccccc1)(c1ccccc1)c1ccccc1. The molecule has 1 saturated carbocycles. The predicted molar refractivity (Wildman–Crippen MR) is 163 cm³/mol. The molecule has 4 rings (SSSR count). The number of alkyl carbamates (subject to hydrolysis) is 1. The summed E-state index contributed by atoms with van der Waals surface area (Å²) in [6.07, 6.45) is 9.52. The molecule has 0 aliphatic heterocycles. The van der Waals surface area contributed by atoms with Gasteiger partial charge in [0.2, 0.25) is 0 Å². The van der Waals surface area contributed by atoms with Gasteiger partial charge in [-0.05, 0) is 79.8 Å². The summed E-state index contributed by atoms with van der Waals surface area (Å²) in [6, 6.07) is 32.7. The highest BCUT2D eigenvalue weighted by molar-refractivity contribution is 7.95. The van der Waals surface area contributed by atoms with Crippen molar-refractivity contribution in [2.45, 2.75) is 45.4 Å². The number of carbonyl (C=O) groups is 1. The molecule has 3 aromatic carbocycles. The number of amides is 1. The Hall–Kier alpha value is -2.90. The maximum Gasteiger partial charge on any atom is 0.407 e. The van der Waals surface area contributed by atoms with Crippen LogP contribution in [-0.4, -0.2) is 25.4 Å². The molecule has 3 nitrogen and oxygen atoms in total. The molecule has 3 atom stereocenters. The van der Waals surface area contributed by atoms with Crippen molar-refractivity contribution >= 4 is 29.3 Å². The van der Waals surface area contributed by atoms with Gasteiger partial charge in [-0.3, -0.25) is 0 Å². The van der Waals surface area contributed by atoms with E-state index in [9.17, 15) is 4.79 Å². The van der Waals surface area contributed by atoms with Crippen LogP contribution in [0.5, 0.6) is 0 Å². The topological polar surface area (TPSA) is 38.3 Å². The van der Waals surface area contributed by atoms with Crippen LogP contribution in [0.2, 0.25) is 0 Å². The van der Waals surface area contributed by atoms with E-state index < -0.39 is 7.26 Å². The molecule has 4 heteroatoms. The van der Waals surface area contributed by atoms with E-state index in [1.807, 2.05) is 6.08 Å². The van der Waals surface area contributed by atoms with Crippen LogP contribution in [0.4, 0.5) is 4.79 Å². The molecule has 1 amide bonds. The second kappa shape index (κ2) is 14.3. The normalized spacial score (nSPS) is 18.5. The summed E-state index contributed by atoms with van der Waals surface area (Å²) >= 11 is 0. The summed E-state index contributed by atoms with van der Waals surface area (Å²) in [6.45, 7) is 7.26. The average molecular weight is 529 g/mol. The van der Waals surface area contributed by atoms with Crippen LogP contribution >= 0.6 is 7.26 Å². The monoisotopic (exact) mass is 528 g/mol. The van der Waals surface area contributed by atoms with Crippen molar-refractivity contribution in [1.29, 1.82) is 0 Å². The predicted octanol–water partition coefficient (Wildman–Crippen LogP) is 7.12. The summed E-state index contributed by atoms with van der Waals surface area (Å²) in [5.74, 6) is 1.90. The number of carbonyl (C=O) groups excluding carboxylic acids is 1. The molecule has 0 bridgehead atoms. The van der Waals surface area contributed by atoms with E-state index in [4.69, 9.17) is 4.74 Å². The van der Waals surface area contributed by atoms with Crippen LogP contribution in [0, 0.1) is 17.8 Å². The van der Waals surface area contributed by atoms with Crippen LogP contribution in [0.25, 0.3) is 0 Å². The smallest absolute Gasteiger partial charge is 0.407 e. The van der Waals surface area contributed by atoms with Gasteiger partial charge in [0.1, 0.15) is 23.2 Å². The van der Waals surface area contributed by atoms with Crippen molar-refractivity contribution in [1.82, 2.24) is 5.32 Å². The lowest BCUT2D eigenvalue weighted by atomic mass is 10.1. The fraction of sp³-hybridized carbons (Fsp3) is 0.382. The van der Waals surface area contributed by atoms with Crippen molar-refractivity contribution in [3.63, 3.8) is 0 Å². The Morgan fingerprint density at radius 2 is 1.34 bits per heavy atom. The molecule has 0 unspecified atom stereocenters. The highest BCUT2D eigenvalue weighted by Crippen LogP contribution is 2.55. The van der Waals surface area contributed by atoms with Gasteiger partial charge in [-0.1, -0.05) is 80.4 Å². The Kier molecular flexibility index (Phi) is 10.6. The Morgan fingerprint density at radius 3 is 1.84 bits per heavy atom. The molecule has 3 aromatic rings. The molecule has 1 N–H and O–H groups in total. The second-order valence-corrected chi connectivity index (χ2v) is 14.0. The molecular weight excluding hydrogens is 485 g/mol. The van der Waals surface area contributed by atoms with Crippen LogP contribution in [0.3, 0.4) is 0 Å². The Labute approximate surface area is 230 Å². The van der Waals surface area contributed by atoms with E-state index in [1.54, 1.807) is 0 Å². The zero-order chi connectivity index (χ0) is 26.6. The van der Waals surface area contributed by atoms with Gasteiger partial charge in [0.25, 0.3) is 0 Å². The quantitative estimate of drug-likeness (QED) is 0.130. The second-order valence-electron chi connectivity index (χ2n) is 10.4. The molecule has 0 radical (unpaired) electrons. The van der Waals surface area contributed by atoms with Crippen molar-refractivity contribution in [3.8, 4) is 0 Å². The molecule has 1 fully saturated rings. The number of unbranched alkanes of at least 4 members (excludes halogenated alkanes) is 1. The number of ether oxygens (including phenoxy) is 1. The molecule has 200 valence electrons. The Bertz CT molecular complexity index is 1020.